The average Bonchev–Trinajstić information content (AvgIpc) is 3.27. The van der Waals surface area contributed by atoms with Gasteiger partial charge >= 0.3 is 5.97 Å². The predicted molar refractivity (Wildman–Crippen MR) is 111 cm³/mol. The second-order valence-electron chi connectivity index (χ2n) is 6.58. The molecule has 0 N–H and O–H groups in total. The van der Waals surface area contributed by atoms with Crippen molar-refractivity contribution in [1.29, 1.82) is 0 Å². The summed E-state index contributed by atoms with van der Waals surface area (Å²) in [6.07, 6.45) is 1.66. The lowest BCUT2D eigenvalue weighted by Crippen LogP contribution is -2.38. The number of rotatable bonds is 6. The van der Waals surface area contributed by atoms with Crippen molar-refractivity contribution in [1.82, 2.24) is 15.0 Å². The van der Waals surface area contributed by atoms with E-state index in [4.69, 9.17) is 4.74 Å². The van der Waals surface area contributed by atoms with E-state index in [0.29, 0.717) is 0 Å². The van der Waals surface area contributed by atoms with Crippen molar-refractivity contribution in [2.45, 2.75) is 12.5 Å². The lowest BCUT2D eigenvalue weighted by atomic mass is 9.77. The SMILES string of the molecule is CCOC(=O)c1cn(C(c2ccccc2)(c2ccccc2)c2ccccc2)nn1. The third kappa shape index (κ3) is 3.31. The van der Waals surface area contributed by atoms with Crippen LogP contribution in [-0.2, 0) is 10.3 Å². The molecule has 144 valence electrons. The molecule has 4 rings (SSSR count). The number of benzene rings is 3. The first-order chi connectivity index (χ1) is 14.3. The average molecular weight is 383 g/mol. The highest BCUT2D eigenvalue weighted by Gasteiger charge is 2.40. The van der Waals surface area contributed by atoms with Gasteiger partial charge in [-0.05, 0) is 23.6 Å². The van der Waals surface area contributed by atoms with Crippen molar-refractivity contribution in [3.63, 3.8) is 0 Å². The summed E-state index contributed by atoms with van der Waals surface area (Å²) in [5.74, 6) is -0.484. The molecule has 0 unspecified atom stereocenters. The molecule has 5 heteroatoms. The van der Waals surface area contributed by atoms with Gasteiger partial charge in [0.15, 0.2) is 5.69 Å². The largest absolute Gasteiger partial charge is 0.461 e. The fourth-order valence-electron chi connectivity index (χ4n) is 3.66. The molecule has 0 aliphatic heterocycles. The van der Waals surface area contributed by atoms with Crippen LogP contribution < -0.4 is 0 Å². The molecular formula is C24H21N3O2. The van der Waals surface area contributed by atoms with E-state index in [1.165, 1.54) is 0 Å². The van der Waals surface area contributed by atoms with Crippen LogP contribution in [0.5, 0.6) is 0 Å². The second-order valence-corrected chi connectivity index (χ2v) is 6.58. The number of aromatic nitrogens is 3. The molecule has 4 aromatic rings. The molecule has 0 fully saturated rings. The summed E-state index contributed by atoms with van der Waals surface area (Å²) in [6, 6.07) is 30.3. The minimum atomic E-state index is -0.790. The maximum absolute atomic E-state index is 12.3. The smallest absolute Gasteiger partial charge is 0.360 e. The Labute approximate surface area is 169 Å². The molecule has 1 aromatic heterocycles. The van der Waals surface area contributed by atoms with Crippen LogP contribution in [0, 0.1) is 0 Å². The van der Waals surface area contributed by atoms with Crippen molar-refractivity contribution in [2.24, 2.45) is 0 Å². The highest BCUT2D eigenvalue weighted by molar-refractivity contribution is 5.86. The quantitative estimate of drug-likeness (QED) is 0.368. The summed E-state index contributed by atoms with van der Waals surface area (Å²) >= 11 is 0. The van der Waals surface area contributed by atoms with Crippen molar-refractivity contribution in [3.8, 4) is 0 Å². The van der Waals surface area contributed by atoms with Crippen molar-refractivity contribution in [2.75, 3.05) is 6.61 Å². The molecule has 5 nitrogen and oxygen atoms in total. The number of hydrogen-bond donors (Lipinski definition) is 0. The van der Waals surface area contributed by atoms with Gasteiger partial charge in [-0.25, -0.2) is 9.48 Å². The summed E-state index contributed by atoms with van der Waals surface area (Å²) < 4.78 is 6.87. The maximum atomic E-state index is 12.3. The summed E-state index contributed by atoms with van der Waals surface area (Å²) in [6.45, 7) is 2.05. The van der Waals surface area contributed by atoms with Crippen LogP contribution in [0.15, 0.2) is 97.2 Å². The first-order valence-corrected chi connectivity index (χ1v) is 9.53. The monoisotopic (exact) mass is 383 g/mol. The van der Waals surface area contributed by atoms with Crippen LogP contribution in [0.4, 0.5) is 0 Å². The van der Waals surface area contributed by atoms with Gasteiger partial charge < -0.3 is 4.74 Å². The van der Waals surface area contributed by atoms with Gasteiger partial charge in [-0.1, -0.05) is 96.2 Å². The zero-order valence-electron chi connectivity index (χ0n) is 16.1. The highest BCUT2D eigenvalue weighted by atomic mass is 16.5. The van der Waals surface area contributed by atoms with Gasteiger partial charge in [0.1, 0.15) is 5.54 Å². The van der Waals surface area contributed by atoms with E-state index in [9.17, 15) is 4.79 Å². The molecule has 0 spiro atoms. The molecule has 0 saturated carbocycles. The molecule has 0 atom stereocenters. The Kier molecular flexibility index (Phi) is 5.20. The number of carbonyl (C=O) groups excluding carboxylic acids is 1. The zero-order chi connectivity index (χ0) is 20.1. The van der Waals surface area contributed by atoms with Gasteiger partial charge in [-0.3, -0.25) is 0 Å². The van der Waals surface area contributed by atoms with Crippen LogP contribution in [0.25, 0.3) is 0 Å². The van der Waals surface area contributed by atoms with Gasteiger partial charge in [-0.2, -0.15) is 0 Å². The minimum Gasteiger partial charge on any atom is -0.461 e. The Hall–Kier alpha value is -3.73. The lowest BCUT2D eigenvalue weighted by molar-refractivity contribution is 0.0519. The summed E-state index contributed by atoms with van der Waals surface area (Å²) in [7, 11) is 0. The molecule has 0 aliphatic rings. The van der Waals surface area contributed by atoms with Gasteiger partial charge in [0.2, 0.25) is 0 Å². The molecule has 0 bridgehead atoms. The Morgan fingerprint density at radius 3 is 1.69 bits per heavy atom. The predicted octanol–water partition coefficient (Wildman–Crippen LogP) is 4.30. The highest BCUT2D eigenvalue weighted by Crippen LogP contribution is 2.40. The van der Waals surface area contributed by atoms with Gasteiger partial charge in [0, 0.05) is 0 Å². The second kappa shape index (κ2) is 8.10. The number of carbonyl (C=O) groups is 1. The summed E-state index contributed by atoms with van der Waals surface area (Å²) in [4.78, 5) is 12.3. The van der Waals surface area contributed by atoms with Crippen LogP contribution in [0.3, 0.4) is 0 Å². The number of esters is 1. The molecule has 1 heterocycles. The van der Waals surface area contributed by atoms with Gasteiger partial charge in [0.05, 0.1) is 12.8 Å². The zero-order valence-corrected chi connectivity index (χ0v) is 16.1. The van der Waals surface area contributed by atoms with Crippen LogP contribution in [0.1, 0.15) is 34.1 Å². The first kappa shape index (κ1) is 18.6. The van der Waals surface area contributed by atoms with E-state index >= 15 is 0 Å². The Bertz CT molecular complexity index is 980. The lowest BCUT2D eigenvalue weighted by Gasteiger charge is -2.35. The fraction of sp³-hybridized carbons (Fsp3) is 0.125. The van der Waals surface area contributed by atoms with Crippen LogP contribution >= 0.6 is 0 Å². The molecule has 0 radical (unpaired) electrons. The van der Waals surface area contributed by atoms with E-state index in [1.807, 2.05) is 54.6 Å². The third-order valence-electron chi connectivity index (χ3n) is 4.90. The van der Waals surface area contributed by atoms with E-state index < -0.39 is 11.5 Å². The molecule has 29 heavy (non-hydrogen) atoms. The topological polar surface area (TPSA) is 57.0 Å². The summed E-state index contributed by atoms with van der Waals surface area (Å²) in [5, 5.41) is 8.50. The Balaban J connectivity index is 2.03. The maximum Gasteiger partial charge on any atom is 0.360 e. The first-order valence-electron chi connectivity index (χ1n) is 9.53. The van der Waals surface area contributed by atoms with Gasteiger partial charge in [-0.15, -0.1) is 5.10 Å². The van der Waals surface area contributed by atoms with Crippen LogP contribution in [-0.4, -0.2) is 27.6 Å². The fourth-order valence-corrected chi connectivity index (χ4v) is 3.66. The van der Waals surface area contributed by atoms with E-state index in [1.54, 1.807) is 17.8 Å². The van der Waals surface area contributed by atoms with E-state index in [-0.39, 0.29) is 12.3 Å². The Morgan fingerprint density at radius 1 is 0.828 bits per heavy atom. The number of ether oxygens (including phenoxy) is 1. The van der Waals surface area contributed by atoms with Crippen LogP contribution in [0.2, 0.25) is 0 Å². The Morgan fingerprint density at radius 2 is 1.28 bits per heavy atom. The number of hydrogen-bond acceptors (Lipinski definition) is 4. The summed E-state index contributed by atoms with van der Waals surface area (Å²) in [5.41, 5.74) is 2.42. The van der Waals surface area contributed by atoms with Crippen molar-refractivity contribution in [3.05, 3.63) is 120 Å². The van der Waals surface area contributed by atoms with E-state index in [0.717, 1.165) is 16.7 Å². The van der Waals surface area contributed by atoms with E-state index in [2.05, 4.69) is 46.7 Å². The van der Waals surface area contributed by atoms with Gasteiger partial charge in [0.25, 0.3) is 0 Å². The van der Waals surface area contributed by atoms with Crippen molar-refractivity contribution >= 4 is 5.97 Å². The molecule has 3 aromatic carbocycles. The standard InChI is InChI=1S/C24H21N3O2/c1-2-29-23(28)22-18-27(26-25-22)24(19-12-6-3-7-13-19,20-14-8-4-9-15-20)21-16-10-5-11-17-21/h3-18H,2H2,1H3. The number of nitrogens with zero attached hydrogens (tertiary/aromatic N) is 3. The molecular weight excluding hydrogens is 362 g/mol. The molecule has 0 aliphatic carbocycles. The van der Waals surface area contributed by atoms with Crippen molar-refractivity contribution < 1.29 is 9.53 Å². The normalized spacial score (nSPS) is 11.2. The third-order valence-corrected chi connectivity index (χ3v) is 4.90. The molecule has 0 amide bonds. The minimum absolute atomic E-state index is 0.180. The molecule has 0 saturated heterocycles.